The van der Waals surface area contributed by atoms with E-state index in [1.54, 1.807) is 0 Å². The molecule has 1 aliphatic carbocycles. The summed E-state index contributed by atoms with van der Waals surface area (Å²) in [6, 6.07) is 10.4. The van der Waals surface area contributed by atoms with E-state index in [0.29, 0.717) is 0 Å². The van der Waals surface area contributed by atoms with Crippen molar-refractivity contribution in [3.8, 4) is 0 Å². The fourth-order valence-electron chi connectivity index (χ4n) is 2.20. The van der Waals surface area contributed by atoms with Crippen LogP contribution in [0.4, 0.5) is 0 Å². The summed E-state index contributed by atoms with van der Waals surface area (Å²) in [7, 11) is 0. The summed E-state index contributed by atoms with van der Waals surface area (Å²) in [6.07, 6.45) is 11.0. The van der Waals surface area contributed by atoms with Crippen molar-refractivity contribution >= 4 is 0 Å². The molecule has 0 spiro atoms. The van der Waals surface area contributed by atoms with Crippen LogP contribution in [-0.2, 0) is 6.42 Å². The maximum absolute atomic E-state index is 6.30. The molecule has 0 saturated heterocycles. The van der Waals surface area contributed by atoms with E-state index in [4.69, 9.17) is 11.5 Å². The number of rotatable bonds is 4. The Morgan fingerprint density at radius 3 is 2.59 bits per heavy atom. The minimum absolute atomic E-state index is 0.0664. The third-order valence-electron chi connectivity index (χ3n) is 3.37. The molecular weight excluding hydrogens is 208 g/mol. The summed E-state index contributed by atoms with van der Waals surface area (Å²) in [6.45, 7) is 0. The third-order valence-corrected chi connectivity index (χ3v) is 3.37. The highest BCUT2D eigenvalue weighted by Crippen LogP contribution is 2.20. The van der Waals surface area contributed by atoms with E-state index >= 15 is 0 Å². The molecule has 0 radical (unpaired) electrons. The Hall–Kier alpha value is -1.38. The molecule has 0 bridgehead atoms. The monoisotopic (exact) mass is 228 g/mol. The molecule has 0 fully saturated rings. The van der Waals surface area contributed by atoms with E-state index in [0.717, 1.165) is 19.3 Å². The molecule has 1 aliphatic rings. The van der Waals surface area contributed by atoms with Gasteiger partial charge in [-0.1, -0.05) is 54.6 Å². The topological polar surface area (TPSA) is 52.0 Å². The first-order chi connectivity index (χ1) is 8.21. The molecule has 2 heteroatoms. The van der Waals surface area contributed by atoms with Crippen molar-refractivity contribution in [1.82, 2.24) is 0 Å². The highest BCUT2D eigenvalue weighted by molar-refractivity contribution is 5.26. The molecule has 0 aliphatic heterocycles. The maximum Gasteiger partial charge on any atom is 0.0532 e. The molecule has 0 aromatic heterocycles. The van der Waals surface area contributed by atoms with Crippen molar-refractivity contribution in [2.75, 3.05) is 0 Å². The molecule has 4 N–H and O–H groups in total. The molecule has 2 unspecified atom stereocenters. The summed E-state index contributed by atoms with van der Waals surface area (Å²) in [4.78, 5) is 0. The second-order valence-electron chi connectivity index (χ2n) is 4.72. The summed E-state index contributed by atoms with van der Waals surface area (Å²) in [5.74, 6) is 0. The molecule has 1 aromatic carbocycles. The average Bonchev–Trinajstić information content (AvgIpc) is 2.35. The van der Waals surface area contributed by atoms with E-state index in [1.807, 2.05) is 30.4 Å². The molecule has 0 saturated carbocycles. The fraction of sp³-hybridized carbons (Fsp3) is 0.333. The van der Waals surface area contributed by atoms with Crippen molar-refractivity contribution in [3.63, 3.8) is 0 Å². The van der Waals surface area contributed by atoms with Gasteiger partial charge in [0.15, 0.2) is 0 Å². The zero-order valence-electron chi connectivity index (χ0n) is 10.0. The zero-order chi connectivity index (χ0) is 12.1. The summed E-state index contributed by atoms with van der Waals surface area (Å²) in [5, 5.41) is 0. The summed E-state index contributed by atoms with van der Waals surface area (Å²) in [5.41, 5.74) is 13.3. The third kappa shape index (κ3) is 3.05. The smallest absolute Gasteiger partial charge is 0.0532 e. The molecule has 0 amide bonds. The summed E-state index contributed by atoms with van der Waals surface area (Å²) < 4.78 is 0. The molecule has 17 heavy (non-hydrogen) atoms. The van der Waals surface area contributed by atoms with Crippen molar-refractivity contribution in [3.05, 3.63) is 60.2 Å². The Bertz CT molecular complexity index is 408. The second-order valence-corrected chi connectivity index (χ2v) is 4.72. The van der Waals surface area contributed by atoms with Crippen LogP contribution in [0.3, 0.4) is 0 Å². The van der Waals surface area contributed by atoms with Crippen LogP contribution in [0.1, 0.15) is 18.4 Å². The number of hydrogen-bond donors (Lipinski definition) is 2. The van der Waals surface area contributed by atoms with Gasteiger partial charge in [-0.3, -0.25) is 0 Å². The first kappa shape index (κ1) is 12.1. The van der Waals surface area contributed by atoms with Gasteiger partial charge in [0.05, 0.1) is 5.54 Å². The van der Waals surface area contributed by atoms with Crippen molar-refractivity contribution < 1.29 is 0 Å². The van der Waals surface area contributed by atoms with Crippen LogP contribution in [0.2, 0.25) is 0 Å². The first-order valence-electron chi connectivity index (χ1n) is 6.15. The van der Waals surface area contributed by atoms with Crippen LogP contribution < -0.4 is 11.5 Å². The highest BCUT2D eigenvalue weighted by Gasteiger charge is 2.28. The lowest BCUT2D eigenvalue weighted by Crippen LogP contribution is -2.53. The fourth-order valence-corrected chi connectivity index (χ4v) is 2.20. The van der Waals surface area contributed by atoms with Gasteiger partial charge in [0.1, 0.15) is 0 Å². The molecule has 2 rings (SSSR count). The Balaban J connectivity index is 1.86. The van der Waals surface area contributed by atoms with Crippen LogP contribution in [-0.4, -0.2) is 11.6 Å². The van der Waals surface area contributed by atoms with Gasteiger partial charge >= 0.3 is 0 Å². The van der Waals surface area contributed by atoms with Gasteiger partial charge in [0, 0.05) is 6.04 Å². The Morgan fingerprint density at radius 2 is 1.88 bits per heavy atom. The van der Waals surface area contributed by atoms with Crippen LogP contribution in [0.25, 0.3) is 0 Å². The van der Waals surface area contributed by atoms with Gasteiger partial charge in [-0.15, -0.1) is 0 Å². The molecule has 0 heterocycles. The van der Waals surface area contributed by atoms with Crippen molar-refractivity contribution in [1.29, 1.82) is 0 Å². The predicted octanol–water partition coefficient (Wildman–Crippen LogP) is 2.16. The summed E-state index contributed by atoms with van der Waals surface area (Å²) >= 11 is 0. The van der Waals surface area contributed by atoms with Crippen LogP contribution in [0, 0.1) is 0 Å². The normalized spacial score (nSPS) is 27.3. The van der Waals surface area contributed by atoms with Gasteiger partial charge < -0.3 is 11.5 Å². The predicted molar refractivity (Wildman–Crippen MR) is 72.6 cm³/mol. The standard InChI is InChI=1S/C15H20N2/c16-14-10-4-5-11-15(14,17)12-6-9-13-7-2-1-3-8-13/h1-5,7-8,10-11,14H,6,9,12,16-17H2. The number of hydrogen-bond acceptors (Lipinski definition) is 2. The van der Waals surface area contributed by atoms with E-state index in [2.05, 4.69) is 24.3 Å². The van der Waals surface area contributed by atoms with Crippen LogP contribution >= 0.6 is 0 Å². The number of nitrogens with two attached hydrogens (primary N) is 2. The second kappa shape index (κ2) is 5.30. The van der Waals surface area contributed by atoms with Crippen LogP contribution in [0.15, 0.2) is 54.6 Å². The lowest BCUT2D eigenvalue weighted by Gasteiger charge is -2.32. The average molecular weight is 228 g/mol. The van der Waals surface area contributed by atoms with Gasteiger partial charge in [0.2, 0.25) is 0 Å². The number of aryl methyl sites for hydroxylation is 1. The van der Waals surface area contributed by atoms with Crippen molar-refractivity contribution in [2.24, 2.45) is 11.5 Å². The van der Waals surface area contributed by atoms with Crippen LogP contribution in [0.5, 0.6) is 0 Å². The molecule has 2 nitrogen and oxygen atoms in total. The molecule has 2 atom stereocenters. The zero-order valence-corrected chi connectivity index (χ0v) is 10.0. The van der Waals surface area contributed by atoms with Gasteiger partial charge in [-0.05, 0) is 24.8 Å². The first-order valence-corrected chi connectivity index (χ1v) is 6.15. The lowest BCUT2D eigenvalue weighted by atomic mass is 9.83. The lowest BCUT2D eigenvalue weighted by molar-refractivity contribution is 0.423. The highest BCUT2D eigenvalue weighted by atomic mass is 14.8. The van der Waals surface area contributed by atoms with E-state index in [9.17, 15) is 0 Å². The quantitative estimate of drug-likeness (QED) is 0.829. The van der Waals surface area contributed by atoms with E-state index < -0.39 is 0 Å². The van der Waals surface area contributed by atoms with Gasteiger partial charge in [0.25, 0.3) is 0 Å². The Morgan fingerprint density at radius 1 is 1.12 bits per heavy atom. The van der Waals surface area contributed by atoms with E-state index in [-0.39, 0.29) is 11.6 Å². The van der Waals surface area contributed by atoms with Crippen molar-refractivity contribution in [2.45, 2.75) is 30.8 Å². The Kier molecular flexibility index (Phi) is 3.77. The minimum Gasteiger partial charge on any atom is -0.323 e. The van der Waals surface area contributed by atoms with Gasteiger partial charge in [-0.25, -0.2) is 0 Å². The number of allylic oxidation sites excluding steroid dienone is 2. The Labute approximate surface area is 103 Å². The van der Waals surface area contributed by atoms with Gasteiger partial charge in [-0.2, -0.15) is 0 Å². The van der Waals surface area contributed by atoms with E-state index in [1.165, 1.54) is 5.56 Å². The molecule has 1 aromatic rings. The maximum atomic E-state index is 6.30. The number of benzene rings is 1. The molecular formula is C15H20N2. The SMILES string of the molecule is NC1C=CC=CC1(N)CCCc1ccccc1. The largest absolute Gasteiger partial charge is 0.323 e. The minimum atomic E-state index is -0.371. The molecule has 90 valence electrons.